The van der Waals surface area contributed by atoms with Gasteiger partial charge in [-0.25, -0.2) is 0 Å². The molecule has 0 aromatic rings. The lowest BCUT2D eigenvalue weighted by Crippen LogP contribution is -2.49. The molecule has 1 heterocycles. The zero-order valence-electron chi connectivity index (χ0n) is 13.2. The van der Waals surface area contributed by atoms with Crippen molar-refractivity contribution in [1.29, 1.82) is 0 Å². The molecule has 1 aliphatic heterocycles. The number of ether oxygens (including phenoxy) is 2. The molecule has 0 spiro atoms. The van der Waals surface area contributed by atoms with Crippen LogP contribution in [0.15, 0.2) is 0 Å². The predicted molar refractivity (Wildman–Crippen MR) is 74.0 cm³/mol. The maximum absolute atomic E-state index is 12.7. The van der Waals surface area contributed by atoms with Crippen molar-refractivity contribution >= 4 is 11.9 Å². The first-order chi connectivity index (χ1) is 9.09. The number of hydrogen-bond acceptors (Lipinski definition) is 5. The summed E-state index contributed by atoms with van der Waals surface area (Å²) >= 11 is 0. The highest BCUT2D eigenvalue weighted by atomic mass is 16.6. The highest BCUT2D eigenvalue weighted by Gasteiger charge is 2.83. The number of carbonyl (C=O) groups excluding carboxylic acids is 2. The minimum atomic E-state index is -0.785. The van der Waals surface area contributed by atoms with E-state index in [1.54, 1.807) is 6.92 Å². The van der Waals surface area contributed by atoms with Crippen LogP contribution < -0.4 is 5.32 Å². The molecular weight excluding hydrogens is 258 g/mol. The summed E-state index contributed by atoms with van der Waals surface area (Å²) in [7, 11) is 0. The van der Waals surface area contributed by atoms with E-state index >= 15 is 0 Å². The molecule has 20 heavy (non-hydrogen) atoms. The van der Waals surface area contributed by atoms with Crippen molar-refractivity contribution in [3.8, 4) is 0 Å². The van der Waals surface area contributed by atoms with E-state index in [1.807, 2.05) is 34.6 Å². The minimum Gasteiger partial charge on any atom is -0.465 e. The maximum atomic E-state index is 12.7. The monoisotopic (exact) mass is 283 g/mol. The molecule has 1 N–H and O–H groups in total. The van der Waals surface area contributed by atoms with Gasteiger partial charge >= 0.3 is 11.9 Å². The minimum absolute atomic E-state index is 0.124. The molecule has 0 radical (unpaired) electrons. The molecule has 0 aromatic heterocycles. The Hall–Kier alpha value is -1.10. The molecule has 0 aromatic carbocycles. The second-order valence-electron chi connectivity index (χ2n) is 7.24. The summed E-state index contributed by atoms with van der Waals surface area (Å²) < 4.78 is 10.7. The third kappa shape index (κ3) is 1.94. The second-order valence-corrected chi connectivity index (χ2v) is 7.24. The highest BCUT2D eigenvalue weighted by Crippen LogP contribution is 2.73. The van der Waals surface area contributed by atoms with Gasteiger partial charge in [0.25, 0.3) is 0 Å². The standard InChI is InChI=1S/C15H25NO4/c1-7-19-11(17)10-15(12(18)20-13(2,3)4)9(8-16-10)14(15,5)6/h9-10,16H,7-8H2,1-6H3/t9-,10+,15+/m0/s1. The van der Waals surface area contributed by atoms with E-state index in [4.69, 9.17) is 9.47 Å². The molecule has 5 heteroatoms. The second kappa shape index (κ2) is 4.45. The smallest absolute Gasteiger partial charge is 0.324 e. The summed E-state index contributed by atoms with van der Waals surface area (Å²) in [4.78, 5) is 24.8. The Balaban J connectivity index is 2.29. The topological polar surface area (TPSA) is 64.6 Å². The van der Waals surface area contributed by atoms with Crippen LogP contribution in [-0.4, -0.2) is 36.7 Å². The Morgan fingerprint density at radius 2 is 1.90 bits per heavy atom. The van der Waals surface area contributed by atoms with Crippen LogP contribution in [0.1, 0.15) is 41.5 Å². The zero-order valence-corrected chi connectivity index (χ0v) is 13.2. The third-order valence-corrected chi connectivity index (χ3v) is 4.64. The third-order valence-electron chi connectivity index (χ3n) is 4.64. The number of piperidine rings is 1. The normalized spacial score (nSPS) is 34.3. The lowest BCUT2D eigenvalue weighted by atomic mass is 9.88. The summed E-state index contributed by atoms with van der Waals surface area (Å²) in [5, 5.41) is 3.13. The Morgan fingerprint density at radius 1 is 1.30 bits per heavy atom. The van der Waals surface area contributed by atoms with Gasteiger partial charge in [-0.3, -0.25) is 9.59 Å². The van der Waals surface area contributed by atoms with Crippen LogP contribution in [0.4, 0.5) is 0 Å². The fourth-order valence-corrected chi connectivity index (χ4v) is 3.67. The quantitative estimate of drug-likeness (QED) is 0.795. The van der Waals surface area contributed by atoms with Gasteiger partial charge in [0.2, 0.25) is 0 Å². The Morgan fingerprint density at radius 3 is 2.35 bits per heavy atom. The summed E-state index contributed by atoms with van der Waals surface area (Å²) in [5.41, 5.74) is -1.58. The SMILES string of the molecule is CCOC(=O)[C@H]1NC[C@H]2C(C)(C)[C@@]12C(=O)OC(C)(C)C. The summed E-state index contributed by atoms with van der Waals surface area (Å²) in [5.74, 6) is -0.520. The Labute approximate surface area is 120 Å². The predicted octanol–water partition coefficient (Wildman–Crippen LogP) is 1.51. The zero-order chi connectivity index (χ0) is 15.3. The van der Waals surface area contributed by atoms with E-state index in [0.29, 0.717) is 13.2 Å². The first-order valence-corrected chi connectivity index (χ1v) is 7.22. The Kier molecular flexibility index (Phi) is 3.40. The van der Waals surface area contributed by atoms with Gasteiger partial charge in [-0.1, -0.05) is 13.8 Å². The van der Waals surface area contributed by atoms with Crippen molar-refractivity contribution < 1.29 is 19.1 Å². The number of rotatable bonds is 3. The van der Waals surface area contributed by atoms with Crippen molar-refractivity contribution in [2.75, 3.05) is 13.2 Å². The van der Waals surface area contributed by atoms with Gasteiger partial charge in [0.05, 0.1) is 6.61 Å². The molecule has 0 unspecified atom stereocenters. The molecule has 0 bridgehead atoms. The van der Waals surface area contributed by atoms with Crippen molar-refractivity contribution in [1.82, 2.24) is 5.32 Å². The number of esters is 2. The van der Waals surface area contributed by atoms with Crippen LogP contribution in [0, 0.1) is 16.7 Å². The van der Waals surface area contributed by atoms with E-state index in [9.17, 15) is 9.59 Å². The van der Waals surface area contributed by atoms with Crippen LogP contribution >= 0.6 is 0 Å². The van der Waals surface area contributed by atoms with Crippen molar-refractivity contribution in [3.05, 3.63) is 0 Å². The molecule has 3 atom stereocenters. The van der Waals surface area contributed by atoms with Crippen LogP contribution in [-0.2, 0) is 19.1 Å². The number of hydrogen-bond donors (Lipinski definition) is 1. The molecule has 2 aliphatic rings. The van der Waals surface area contributed by atoms with Gasteiger partial charge in [0, 0.05) is 6.54 Å². The first kappa shape index (κ1) is 15.3. The van der Waals surface area contributed by atoms with Crippen molar-refractivity contribution in [2.24, 2.45) is 16.7 Å². The Bertz CT molecular complexity index is 438. The molecular formula is C15H25NO4. The van der Waals surface area contributed by atoms with Crippen molar-refractivity contribution in [3.63, 3.8) is 0 Å². The van der Waals surface area contributed by atoms with Crippen LogP contribution in [0.25, 0.3) is 0 Å². The molecule has 114 valence electrons. The summed E-state index contributed by atoms with van der Waals surface area (Å²) in [6.45, 7) is 12.3. The fraction of sp³-hybridized carbons (Fsp3) is 0.867. The summed E-state index contributed by atoms with van der Waals surface area (Å²) in [6, 6.07) is -0.600. The van der Waals surface area contributed by atoms with E-state index in [1.165, 1.54) is 0 Å². The van der Waals surface area contributed by atoms with E-state index in [0.717, 1.165) is 0 Å². The van der Waals surface area contributed by atoms with Gasteiger partial charge in [-0.2, -0.15) is 0 Å². The molecule has 2 fully saturated rings. The van der Waals surface area contributed by atoms with Gasteiger partial charge in [0.15, 0.2) is 0 Å². The molecule has 1 aliphatic carbocycles. The molecule has 1 saturated heterocycles. The maximum Gasteiger partial charge on any atom is 0.324 e. The number of carbonyl (C=O) groups is 2. The number of nitrogens with one attached hydrogen (secondary N) is 1. The lowest BCUT2D eigenvalue weighted by molar-refractivity contribution is -0.169. The lowest BCUT2D eigenvalue weighted by Gasteiger charge is -2.29. The van der Waals surface area contributed by atoms with Crippen molar-refractivity contribution in [2.45, 2.75) is 53.2 Å². The summed E-state index contributed by atoms with van der Waals surface area (Å²) in [6.07, 6.45) is 0. The van der Waals surface area contributed by atoms with Crippen LogP contribution in [0.2, 0.25) is 0 Å². The van der Waals surface area contributed by atoms with Crippen LogP contribution in [0.5, 0.6) is 0 Å². The van der Waals surface area contributed by atoms with Gasteiger partial charge < -0.3 is 14.8 Å². The molecule has 0 amide bonds. The van der Waals surface area contributed by atoms with E-state index < -0.39 is 17.1 Å². The van der Waals surface area contributed by atoms with Gasteiger partial charge in [-0.05, 0) is 39.0 Å². The molecule has 1 saturated carbocycles. The average molecular weight is 283 g/mol. The van der Waals surface area contributed by atoms with Gasteiger partial charge in [0.1, 0.15) is 17.1 Å². The highest BCUT2D eigenvalue weighted by molar-refractivity contribution is 5.93. The van der Waals surface area contributed by atoms with Crippen LogP contribution in [0.3, 0.4) is 0 Å². The molecule has 2 rings (SSSR count). The fourth-order valence-electron chi connectivity index (χ4n) is 3.67. The van der Waals surface area contributed by atoms with E-state index in [-0.39, 0.29) is 23.3 Å². The number of fused-ring (bicyclic) bond motifs is 1. The van der Waals surface area contributed by atoms with Gasteiger partial charge in [-0.15, -0.1) is 0 Å². The average Bonchev–Trinajstić information content (AvgIpc) is 2.65. The molecule has 5 nitrogen and oxygen atoms in total. The first-order valence-electron chi connectivity index (χ1n) is 7.22. The largest absolute Gasteiger partial charge is 0.465 e. The van der Waals surface area contributed by atoms with E-state index in [2.05, 4.69) is 5.32 Å².